The van der Waals surface area contributed by atoms with Crippen LogP contribution in [-0.2, 0) is 16.1 Å². The lowest BCUT2D eigenvalue weighted by atomic mass is 10.2. The van der Waals surface area contributed by atoms with Gasteiger partial charge in [0.1, 0.15) is 5.58 Å². The van der Waals surface area contributed by atoms with Gasteiger partial charge in [0.2, 0.25) is 11.7 Å². The van der Waals surface area contributed by atoms with Crippen LogP contribution in [0.25, 0.3) is 22.6 Å². The topological polar surface area (TPSA) is 99.2 Å². The molecule has 0 spiro atoms. The zero-order chi connectivity index (χ0) is 22.7. The third-order valence-electron chi connectivity index (χ3n) is 4.67. The number of carbonyl (C=O) groups is 2. The summed E-state index contributed by atoms with van der Waals surface area (Å²) in [7, 11) is 1.29. The van der Waals surface area contributed by atoms with E-state index in [2.05, 4.69) is 15.5 Å². The molecule has 4 rings (SSSR count). The molecule has 0 aliphatic rings. The number of thioether (sulfide) groups is 1. The SMILES string of the molecule is CCn1c(SCC(=O)Nc2cc(C(=O)OC)ccc2Cl)nnc1-c1cc2ccccc2o1. The number of anilines is 1. The van der Waals surface area contributed by atoms with Crippen molar-refractivity contribution in [2.75, 3.05) is 18.2 Å². The largest absolute Gasteiger partial charge is 0.465 e. The minimum atomic E-state index is -0.513. The molecular weight excluding hydrogens is 452 g/mol. The third-order valence-corrected chi connectivity index (χ3v) is 5.97. The number of halogens is 1. The molecule has 2 aromatic heterocycles. The van der Waals surface area contributed by atoms with E-state index in [1.165, 1.54) is 37.1 Å². The summed E-state index contributed by atoms with van der Waals surface area (Å²) >= 11 is 7.39. The molecule has 0 fully saturated rings. The van der Waals surface area contributed by atoms with Crippen LogP contribution in [0.4, 0.5) is 5.69 Å². The highest BCUT2D eigenvalue weighted by Gasteiger charge is 2.18. The number of para-hydroxylation sites is 1. The summed E-state index contributed by atoms with van der Waals surface area (Å²) in [5, 5.41) is 13.1. The van der Waals surface area contributed by atoms with E-state index in [0.717, 1.165) is 11.0 Å². The van der Waals surface area contributed by atoms with Crippen molar-refractivity contribution < 1.29 is 18.7 Å². The Morgan fingerprint density at radius 3 is 2.75 bits per heavy atom. The molecule has 0 aliphatic carbocycles. The van der Waals surface area contributed by atoms with E-state index < -0.39 is 5.97 Å². The van der Waals surface area contributed by atoms with E-state index in [4.69, 9.17) is 20.8 Å². The number of amides is 1. The number of nitrogens with zero attached hydrogens (tertiary/aromatic N) is 3. The van der Waals surface area contributed by atoms with Crippen LogP contribution in [0.5, 0.6) is 0 Å². The highest BCUT2D eigenvalue weighted by atomic mass is 35.5. The molecule has 0 bridgehead atoms. The molecule has 0 radical (unpaired) electrons. The van der Waals surface area contributed by atoms with E-state index in [1.54, 1.807) is 0 Å². The fourth-order valence-electron chi connectivity index (χ4n) is 3.14. The Balaban J connectivity index is 1.47. The van der Waals surface area contributed by atoms with Crippen molar-refractivity contribution in [3.63, 3.8) is 0 Å². The lowest BCUT2D eigenvalue weighted by Gasteiger charge is -2.09. The summed E-state index contributed by atoms with van der Waals surface area (Å²) in [6.45, 7) is 2.58. The maximum absolute atomic E-state index is 12.5. The van der Waals surface area contributed by atoms with Gasteiger partial charge in [-0.1, -0.05) is 41.6 Å². The van der Waals surface area contributed by atoms with E-state index in [-0.39, 0.29) is 11.7 Å². The molecule has 0 atom stereocenters. The Bertz CT molecular complexity index is 1270. The van der Waals surface area contributed by atoms with Crippen LogP contribution >= 0.6 is 23.4 Å². The second-order valence-electron chi connectivity index (χ2n) is 6.72. The first-order valence-corrected chi connectivity index (χ1v) is 11.1. The average Bonchev–Trinajstić information content (AvgIpc) is 3.42. The standard InChI is InChI=1S/C22H19ClN4O4S/c1-3-27-20(18-11-13-6-4-5-7-17(13)31-18)25-26-22(27)32-12-19(28)24-16-10-14(21(29)30-2)8-9-15(16)23/h4-11H,3,12H2,1-2H3,(H,24,28). The fraction of sp³-hybridized carbons (Fsp3) is 0.182. The van der Waals surface area contributed by atoms with Gasteiger partial charge in [-0.15, -0.1) is 10.2 Å². The van der Waals surface area contributed by atoms with E-state index in [9.17, 15) is 9.59 Å². The van der Waals surface area contributed by atoms with Crippen molar-refractivity contribution >= 4 is 51.9 Å². The number of hydrogen-bond acceptors (Lipinski definition) is 7. The smallest absolute Gasteiger partial charge is 0.337 e. The Morgan fingerprint density at radius 2 is 2.00 bits per heavy atom. The Morgan fingerprint density at radius 1 is 1.19 bits per heavy atom. The molecule has 2 heterocycles. The van der Waals surface area contributed by atoms with Crippen LogP contribution in [0.15, 0.2) is 58.1 Å². The van der Waals surface area contributed by atoms with Gasteiger partial charge in [0.15, 0.2) is 10.9 Å². The molecule has 8 nitrogen and oxygen atoms in total. The minimum Gasteiger partial charge on any atom is -0.465 e. The summed E-state index contributed by atoms with van der Waals surface area (Å²) in [5.74, 6) is 0.482. The van der Waals surface area contributed by atoms with Crippen molar-refractivity contribution in [3.05, 3.63) is 59.1 Å². The summed E-state index contributed by atoms with van der Waals surface area (Å²) in [6, 6.07) is 14.2. The van der Waals surface area contributed by atoms with Crippen LogP contribution in [0, 0.1) is 0 Å². The van der Waals surface area contributed by atoms with Crippen molar-refractivity contribution in [1.82, 2.24) is 14.8 Å². The number of benzene rings is 2. The maximum Gasteiger partial charge on any atom is 0.337 e. The summed E-state index contributed by atoms with van der Waals surface area (Å²) < 4.78 is 12.5. The summed E-state index contributed by atoms with van der Waals surface area (Å²) in [4.78, 5) is 24.2. The van der Waals surface area contributed by atoms with Crippen LogP contribution in [0.2, 0.25) is 5.02 Å². The lowest BCUT2D eigenvalue weighted by Crippen LogP contribution is -2.15. The van der Waals surface area contributed by atoms with Gasteiger partial charge in [-0.2, -0.15) is 0 Å². The first-order valence-electron chi connectivity index (χ1n) is 9.72. The first kappa shape index (κ1) is 21.9. The summed E-state index contributed by atoms with van der Waals surface area (Å²) in [5.41, 5.74) is 1.40. The number of methoxy groups -OCH3 is 1. The number of furan rings is 1. The number of esters is 1. The van der Waals surface area contributed by atoms with Gasteiger partial charge in [0.25, 0.3) is 0 Å². The molecule has 0 saturated heterocycles. The van der Waals surface area contributed by atoms with Gasteiger partial charge < -0.3 is 14.5 Å². The Kier molecular flexibility index (Phi) is 6.48. The van der Waals surface area contributed by atoms with Crippen molar-refractivity contribution in [2.45, 2.75) is 18.6 Å². The normalized spacial score (nSPS) is 11.0. The predicted molar refractivity (Wildman–Crippen MR) is 123 cm³/mol. The predicted octanol–water partition coefficient (Wildman–Crippen LogP) is 4.88. The van der Waals surface area contributed by atoms with E-state index in [0.29, 0.717) is 39.6 Å². The highest BCUT2D eigenvalue weighted by molar-refractivity contribution is 7.99. The molecule has 164 valence electrons. The minimum absolute atomic E-state index is 0.0804. The zero-order valence-electron chi connectivity index (χ0n) is 17.3. The van der Waals surface area contributed by atoms with Crippen molar-refractivity contribution in [2.24, 2.45) is 0 Å². The van der Waals surface area contributed by atoms with Gasteiger partial charge in [0, 0.05) is 11.9 Å². The highest BCUT2D eigenvalue weighted by Crippen LogP contribution is 2.29. The number of fused-ring (bicyclic) bond motifs is 1. The van der Waals surface area contributed by atoms with Gasteiger partial charge in [0.05, 0.1) is 29.1 Å². The fourth-order valence-corrected chi connectivity index (χ4v) is 4.10. The molecular formula is C22H19ClN4O4S. The number of ether oxygens (including phenoxy) is 1. The number of aromatic nitrogens is 3. The molecule has 0 saturated carbocycles. The van der Waals surface area contributed by atoms with Crippen LogP contribution in [0.1, 0.15) is 17.3 Å². The number of carbonyl (C=O) groups excluding carboxylic acids is 2. The third kappa shape index (κ3) is 4.49. The Hall–Kier alpha value is -3.30. The molecule has 2 aromatic carbocycles. The van der Waals surface area contributed by atoms with Crippen LogP contribution in [0.3, 0.4) is 0 Å². The molecule has 10 heteroatoms. The first-order chi connectivity index (χ1) is 15.5. The van der Waals surface area contributed by atoms with Gasteiger partial charge in [-0.3, -0.25) is 9.36 Å². The van der Waals surface area contributed by atoms with Crippen LogP contribution < -0.4 is 5.32 Å². The van der Waals surface area contributed by atoms with Gasteiger partial charge in [-0.05, 0) is 37.3 Å². The van der Waals surface area contributed by atoms with Crippen molar-refractivity contribution in [3.8, 4) is 11.6 Å². The summed E-state index contributed by atoms with van der Waals surface area (Å²) in [6.07, 6.45) is 0. The van der Waals surface area contributed by atoms with Gasteiger partial charge >= 0.3 is 5.97 Å². The average molecular weight is 471 g/mol. The van der Waals surface area contributed by atoms with E-state index >= 15 is 0 Å². The quantitative estimate of drug-likeness (QED) is 0.303. The zero-order valence-corrected chi connectivity index (χ0v) is 18.9. The van der Waals surface area contributed by atoms with Crippen LogP contribution in [-0.4, -0.2) is 39.5 Å². The number of rotatable bonds is 7. The second-order valence-corrected chi connectivity index (χ2v) is 8.07. The molecule has 1 N–H and O–H groups in total. The second kappa shape index (κ2) is 9.46. The monoisotopic (exact) mass is 470 g/mol. The molecule has 1 amide bonds. The van der Waals surface area contributed by atoms with Crippen molar-refractivity contribution in [1.29, 1.82) is 0 Å². The van der Waals surface area contributed by atoms with Gasteiger partial charge in [-0.25, -0.2) is 4.79 Å². The van der Waals surface area contributed by atoms with E-state index in [1.807, 2.05) is 41.8 Å². The maximum atomic E-state index is 12.5. The number of hydrogen-bond donors (Lipinski definition) is 1. The lowest BCUT2D eigenvalue weighted by molar-refractivity contribution is -0.113. The molecule has 32 heavy (non-hydrogen) atoms. The molecule has 4 aromatic rings. The molecule has 0 unspecified atom stereocenters. The molecule has 0 aliphatic heterocycles. The number of nitrogens with one attached hydrogen (secondary N) is 1. The Labute approximate surface area is 192 Å².